The maximum Gasteiger partial charge on any atom is 0.291 e. The zero-order valence-electron chi connectivity index (χ0n) is 11.5. The fourth-order valence-corrected chi connectivity index (χ4v) is 2.96. The Hall–Kier alpha value is -1.25. The normalized spacial score (nSPS) is 20.2. The van der Waals surface area contributed by atoms with Crippen LogP contribution < -0.4 is 10.6 Å². The van der Waals surface area contributed by atoms with E-state index in [1.165, 1.54) is 6.20 Å². The number of hydrogen-bond donors (Lipinski definition) is 1. The predicted octanol–water partition coefficient (Wildman–Crippen LogP) is 1.14. The largest absolute Gasteiger partial charge is 0.349 e. The van der Waals surface area contributed by atoms with Gasteiger partial charge >= 0.3 is 0 Å². The lowest BCUT2D eigenvalue weighted by atomic mass is 10.1. The Morgan fingerprint density at radius 1 is 1.60 bits per heavy atom. The second-order valence-electron chi connectivity index (χ2n) is 5.01. The predicted molar refractivity (Wildman–Crippen MR) is 81.0 cm³/mol. The smallest absolute Gasteiger partial charge is 0.291 e. The first-order chi connectivity index (χ1) is 9.45. The maximum atomic E-state index is 10.9. The molecular weight excluding hydrogens is 326 g/mol. The van der Waals surface area contributed by atoms with Crippen molar-refractivity contribution < 1.29 is 4.92 Å². The van der Waals surface area contributed by atoms with Crippen LogP contribution in [0.2, 0.25) is 0 Å². The van der Waals surface area contributed by atoms with Gasteiger partial charge in [-0.3, -0.25) is 10.1 Å². The molecule has 1 aromatic heterocycles. The molecule has 2 rings (SSSR count). The van der Waals surface area contributed by atoms with E-state index < -0.39 is 4.92 Å². The zero-order chi connectivity index (χ0) is 14.9. The summed E-state index contributed by atoms with van der Waals surface area (Å²) in [6.45, 7) is 4.83. The van der Waals surface area contributed by atoms with Gasteiger partial charge in [-0.1, -0.05) is 0 Å². The third-order valence-electron chi connectivity index (χ3n) is 3.65. The minimum Gasteiger partial charge on any atom is -0.349 e. The fourth-order valence-electron chi connectivity index (χ4n) is 2.43. The van der Waals surface area contributed by atoms with E-state index in [0.717, 1.165) is 25.5 Å². The van der Waals surface area contributed by atoms with Gasteiger partial charge in [-0.05, 0) is 29.9 Å². The Balaban J connectivity index is 2.37. The number of rotatable bonds is 3. The monoisotopic (exact) mass is 343 g/mol. The summed E-state index contributed by atoms with van der Waals surface area (Å²) in [5.74, 6) is 0.733. The van der Waals surface area contributed by atoms with Gasteiger partial charge in [0, 0.05) is 31.7 Å². The van der Waals surface area contributed by atoms with E-state index in [9.17, 15) is 10.1 Å². The molecule has 0 amide bonds. The Morgan fingerprint density at radius 2 is 2.30 bits per heavy atom. The second-order valence-corrected chi connectivity index (χ2v) is 5.80. The highest BCUT2D eigenvalue weighted by atomic mass is 79.9. The maximum absolute atomic E-state index is 10.9. The van der Waals surface area contributed by atoms with E-state index in [0.29, 0.717) is 16.6 Å². The van der Waals surface area contributed by atoms with Gasteiger partial charge in [0.05, 0.1) is 15.4 Å². The highest BCUT2D eigenvalue weighted by Gasteiger charge is 2.28. The number of anilines is 1. The molecule has 0 saturated carbocycles. The summed E-state index contributed by atoms with van der Waals surface area (Å²) in [5, 5.41) is 10.9. The summed E-state index contributed by atoms with van der Waals surface area (Å²) in [6, 6.07) is 0.165. The molecule has 2 heterocycles. The van der Waals surface area contributed by atoms with Crippen LogP contribution in [0.3, 0.4) is 0 Å². The topological polar surface area (TPSA) is 88.5 Å². The number of piperazine rings is 1. The standard InChI is InChI=1S/C12H18BrN5O2/c1-8-10(18(19)20)6-15-12(11(8)13)17-4-3-16(2)7-9(17)5-14/h6,9H,3-5,7,14H2,1-2H3. The fraction of sp³-hybridized carbons (Fsp3) is 0.583. The molecule has 1 saturated heterocycles. The molecule has 2 N–H and O–H groups in total. The highest BCUT2D eigenvalue weighted by Crippen LogP contribution is 2.34. The minimum atomic E-state index is -0.415. The van der Waals surface area contributed by atoms with Gasteiger partial charge in [-0.25, -0.2) is 4.98 Å². The van der Waals surface area contributed by atoms with E-state index in [2.05, 4.69) is 37.8 Å². The molecule has 8 heteroatoms. The van der Waals surface area contributed by atoms with Gasteiger partial charge in [0.1, 0.15) is 12.0 Å². The number of pyridine rings is 1. The molecule has 20 heavy (non-hydrogen) atoms. The van der Waals surface area contributed by atoms with Crippen molar-refractivity contribution in [3.63, 3.8) is 0 Å². The van der Waals surface area contributed by atoms with Crippen molar-refractivity contribution in [3.8, 4) is 0 Å². The minimum absolute atomic E-state index is 0.0269. The van der Waals surface area contributed by atoms with Crippen molar-refractivity contribution in [1.82, 2.24) is 9.88 Å². The lowest BCUT2D eigenvalue weighted by Gasteiger charge is -2.40. The molecule has 1 aromatic rings. The molecule has 7 nitrogen and oxygen atoms in total. The number of halogens is 1. The van der Waals surface area contributed by atoms with Gasteiger partial charge in [-0.15, -0.1) is 0 Å². The van der Waals surface area contributed by atoms with Gasteiger partial charge < -0.3 is 15.5 Å². The number of aromatic nitrogens is 1. The Morgan fingerprint density at radius 3 is 2.90 bits per heavy atom. The molecule has 1 atom stereocenters. The zero-order valence-corrected chi connectivity index (χ0v) is 13.1. The third-order valence-corrected chi connectivity index (χ3v) is 4.59. The summed E-state index contributed by atoms with van der Waals surface area (Å²) in [6.07, 6.45) is 1.32. The Labute approximate surface area is 126 Å². The molecule has 0 bridgehead atoms. The van der Waals surface area contributed by atoms with Gasteiger partial charge in [0.15, 0.2) is 0 Å². The first-order valence-corrected chi connectivity index (χ1v) is 7.19. The number of nitro groups is 1. The molecule has 0 spiro atoms. The molecule has 1 fully saturated rings. The molecule has 0 radical (unpaired) electrons. The Bertz CT molecular complexity index is 525. The van der Waals surface area contributed by atoms with E-state index in [4.69, 9.17) is 5.73 Å². The van der Waals surface area contributed by atoms with Gasteiger partial charge in [-0.2, -0.15) is 0 Å². The first-order valence-electron chi connectivity index (χ1n) is 6.40. The van der Waals surface area contributed by atoms with E-state index in [1.807, 2.05) is 0 Å². The first kappa shape index (κ1) is 15.1. The second kappa shape index (κ2) is 6.02. The van der Waals surface area contributed by atoms with E-state index in [-0.39, 0.29) is 11.7 Å². The van der Waals surface area contributed by atoms with Crippen LogP contribution in [0.25, 0.3) is 0 Å². The summed E-state index contributed by atoms with van der Waals surface area (Å²) < 4.78 is 0.676. The average Bonchev–Trinajstić information content (AvgIpc) is 2.41. The van der Waals surface area contributed by atoms with Crippen molar-refractivity contribution in [2.45, 2.75) is 13.0 Å². The van der Waals surface area contributed by atoms with Crippen LogP contribution >= 0.6 is 15.9 Å². The van der Waals surface area contributed by atoms with Gasteiger partial charge in [0.2, 0.25) is 0 Å². The quantitative estimate of drug-likeness (QED) is 0.653. The van der Waals surface area contributed by atoms with Crippen LogP contribution in [0.4, 0.5) is 11.5 Å². The van der Waals surface area contributed by atoms with Crippen molar-refractivity contribution in [1.29, 1.82) is 0 Å². The van der Waals surface area contributed by atoms with Crippen LogP contribution in [0.1, 0.15) is 5.56 Å². The number of nitrogens with zero attached hydrogens (tertiary/aromatic N) is 4. The van der Waals surface area contributed by atoms with Crippen molar-refractivity contribution in [2.75, 3.05) is 38.1 Å². The highest BCUT2D eigenvalue weighted by molar-refractivity contribution is 9.10. The lowest BCUT2D eigenvalue weighted by molar-refractivity contribution is -0.385. The number of hydrogen-bond acceptors (Lipinski definition) is 6. The van der Waals surface area contributed by atoms with Crippen molar-refractivity contribution in [2.24, 2.45) is 5.73 Å². The van der Waals surface area contributed by atoms with Crippen LogP contribution in [-0.2, 0) is 0 Å². The van der Waals surface area contributed by atoms with Crippen LogP contribution in [0.15, 0.2) is 10.7 Å². The summed E-state index contributed by atoms with van der Waals surface area (Å²) in [5.41, 5.74) is 6.46. The summed E-state index contributed by atoms with van der Waals surface area (Å²) in [4.78, 5) is 19.1. The van der Waals surface area contributed by atoms with Crippen LogP contribution in [0, 0.1) is 17.0 Å². The third kappa shape index (κ3) is 2.77. The van der Waals surface area contributed by atoms with Crippen LogP contribution in [-0.4, -0.2) is 54.1 Å². The van der Waals surface area contributed by atoms with Gasteiger partial charge in [0.25, 0.3) is 5.69 Å². The summed E-state index contributed by atoms with van der Waals surface area (Å²) >= 11 is 3.44. The SMILES string of the molecule is Cc1c([N+](=O)[O-])cnc(N2CCN(C)CC2CN)c1Br. The molecule has 0 aliphatic carbocycles. The molecule has 1 aliphatic heterocycles. The summed E-state index contributed by atoms with van der Waals surface area (Å²) in [7, 11) is 2.06. The molecule has 0 aromatic carbocycles. The van der Waals surface area contributed by atoms with E-state index in [1.54, 1.807) is 6.92 Å². The average molecular weight is 344 g/mol. The molecule has 110 valence electrons. The Kier molecular flexibility index (Phi) is 4.56. The molecule has 1 aliphatic rings. The number of likely N-dealkylation sites (N-methyl/N-ethyl adjacent to an activating group) is 1. The molecular formula is C12H18BrN5O2. The van der Waals surface area contributed by atoms with Crippen molar-refractivity contribution in [3.05, 3.63) is 26.3 Å². The lowest BCUT2D eigenvalue weighted by Crippen LogP contribution is -2.55. The molecule has 1 unspecified atom stereocenters. The van der Waals surface area contributed by atoms with E-state index >= 15 is 0 Å². The van der Waals surface area contributed by atoms with Crippen molar-refractivity contribution >= 4 is 27.4 Å². The van der Waals surface area contributed by atoms with Crippen LogP contribution in [0.5, 0.6) is 0 Å². The number of nitrogens with two attached hydrogens (primary N) is 1.